The number of benzene rings is 2. The van der Waals surface area contributed by atoms with E-state index in [1.807, 2.05) is 24.3 Å². The number of hydrogen-bond acceptors (Lipinski definition) is 2. The highest BCUT2D eigenvalue weighted by Crippen LogP contribution is 2.28. The fraction of sp³-hybridized carbons (Fsp3) is 0.235. The molecule has 3 rings (SSSR count). The highest BCUT2D eigenvalue weighted by molar-refractivity contribution is 6.31. The second-order valence-electron chi connectivity index (χ2n) is 5.26. The molecule has 1 aliphatic heterocycles. The highest BCUT2D eigenvalue weighted by atomic mass is 35.5. The van der Waals surface area contributed by atoms with Crippen LogP contribution in [0.5, 0.6) is 0 Å². The molecule has 0 saturated carbocycles. The molecule has 0 aromatic heterocycles. The van der Waals surface area contributed by atoms with E-state index in [4.69, 9.17) is 27.9 Å². The van der Waals surface area contributed by atoms with Crippen LogP contribution in [-0.4, -0.2) is 30.6 Å². The van der Waals surface area contributed by atoms with Gasteiger partial charge in [-0.25, -0.2) is 4.79 Å². The lowest BCUT2D eigenvalue weighted by Gasteiger charge is -2.33. The van der Waals surface area contributed by atoms with Gasteiger partial charge in [-0.1, -0.05) is 41.4 Å². The first-order valence-electron chi connectivity index (χ1n) is 7.31. The minimum atomic E-state index is -0.214. The highest BCUT2D eigenvalue weighted by Gasteiger charge is 2.26. The van der Waals surface area contributed by atoms with Gasteiger partial charge in [0.25, 0.3) is 0 Å². The van der Waals surface area contributed by atoms with Crippen molar-refractivity contribution in [2.75, 3.05) is 25.0 Å². The van der Waals surface area contributed by atoms with Crippen LogP contribution in [0.15, 0.2) is 48.5 Å². The summed E-state index contributed by atoms with van der Waals surface area (Å²) in [5.74, 6) is 0. The molecule has 4 nitrogen and oxygen atoms in total. The lowest BCUT2D eigenvalue weighted by atomic mass is 10.1. The molecule has 6 heteroatoms. The molecule has 1 N–H and O–H groups in total. The van der Waals surface area contributed by atoms with Gasteiger partial charge in [-0.15, -0.1) is 0 Å². The molecule has 23 heavy (non-hydrogen) atoms. The van der Waals surface area contributed by atoms with Gasteiger partial charge in [0.15, 0.2) is 0 Å². The van der Waals surface area contributed by atoms with E-state index < -0.39 is 0 Å². The van der Waals surface area contributed by atoms with Crippen molar-refractivity contribution in [2.24, 2.45) is 0 Å². The van der Waals surface area contributed by atoms with E-state index in [2.05, 4.69) is 5.32 Å². The molecule has 2 amide bonds. The number of halogens is 2. The molecule has 1 aliphatic rings. The molecular formula is C17H16Cl2N2O2. The van der Waals surface area contributed by atoms with Gasteiger partial charge < -0.3 is 15.0 Å². The van der Waals surface area contributed by atoms with E-state index in [9.17, 15) is 4.79 Å². The minimum Gasteiger partial charge on any atom is -0.370 e. The van der Waals surface area contributed by atoms with Crippen molar-refractivity contribution in [3.05, 3.63) is 64.1 Å². The van der Waals surface area contributed by atoms with Gasteiger partial charge in [0, 0.05) is 27.8 Å². The predicted molar refractivity (Wildman–Crippen MR) is 92.2 cm³/mol. The van der Waals surface area contributed by atoms with Crippen LogP contribution in [0.1, 0.15) is 11.7 Å². The third kappa shape index (κ3) is 3.96. The second kappa shape index (κ2) is 7.21. The number of nitrogens with zero attached hydrogens (tertiary/aromatic N) is 1. The monoisotopic (exact) mass is 350 g/mol. The van der Waals surface area contributed by atoms with Crippen LogP contribution < -0.4 is 5.32 Å². The number of anilines is 1. The zero-order chi connectivity index (χ0) is 16.2. The standard InChI is InChI=1S/C17H16Cl2N2O2/c18-12-5-7-13(8-6-12)20-17(22)21-9-10-23-16(11-21)14-3-1-2-4-15(14)19/h1-8,16H,9-11H2,(H,20,22). The molecule has 2 aromatic carbocycles. The summed E-state index contributed by atoms with van der Waals surface area (Å²) < 4.78 is 5.77. The number of amides is 2. The van der Waals surface area contributed by atoms with Gasteiger partial charge in [0.05, 0.1) is 13.2 Å². The van der Waals surface area contributed by atoms with E-state index in [-0.39, 0.29) is 12.1 Å². The summed E-state index contributed by atoms with van der Waals surface area (Å²) in [4.78, 5) is 14.1. The first kappa shape index (κ1) is 16.1. The van der Waals surface area contributed by atoms with Gasteiger partial charge in [0.2, 0.25) is 0 Å². The van der Waals surface area contributed by atoms with Crippen molar-refractivity contribution in [1.82, 2.24) is 4.90 Å². The zero-order valence-electron chi connectivity index (χ0n) is 12.3. The summed E-state index contributed by atoms with van der Waals surface area (Å²) in [6.07, 6.45) is -0.214. The Bertz CT molecular complexity index is 691. The van der Waals surface area contributed by atoms with Crippen LogP contribution in [0.2, 0.25) is 10.0 Å². The Morgan fingerprint density at radius 2 is 1.87 bits per heavy atom. The fourth-order valence-electron chi connectivity index (χ4n) is 2.49. The average Bonchev–Trinajstić information content (AvgIpc) is 2.57. The largest absolute Gasteiger partial charge is 0.370 e. The maximum absolute atomic E-state index is 12.4. The van der Waals surface area contributed by atoms with Gasteiger partial charge in [0.1, 0.15) is 6.10 Å². The van der Waals surface area contributed by atoms with Crippen LogP contribution in [0.4, 0.5) is 10.5 Å². The van der Waals surface area contributed by atoms with Crippen LogP contribution in [-0.2, 0) is 4.74 Å². The molecule has 120 valence electrons. The predicted octanol–water partition coefficient (Wildman–Crippen LogP) is 4.60. The normalized spacial score (nSPS) is 17.8. The summed E-state index contributed by atoms with van der Waals surface area (Å²) in [5, 5.41) is 4.15. The maximum atomic E-state index is 12.4. The minimum absolute atomic E-state index is 0.160. The molecule has 0 bridgehead atoms. The number of morpholine rings is 1. The molecule has 0 spiro atoms. The topological polar surface area (TPSA) is 41.6 Å². The Morgan fingerprint density at radius 1 is 1.13 bits per heavy atom. The summed E-state index contributed by atoms with van der Waals surface area (Å²) in [6, 6.07) is 14.4. The number of hydrogen-bond donors (Lipinski definition) is 1. The molecule has 0 aliphatic carbocycles. The van der Waals surface area contributed by atoms with Crippen molar-refractivity contribution in [3.8, 4) is 0 Å². The molecule has 1 fully saturated rings. The summed E-state index contributed by atoms with van der Waals surface area (Å²) in [6.45, 7) is 1.48. The van der Waals surface area contributed by atoms with Crippen LogP contribution >= 0.6 is 23.2 Å². The molecule has 1 atom stereocenters. The Morgan fingerprint density at radius 3 is 2.61 bits per heavy atom. The van der Waals surface area contributed by atoms with Gasteiger partial charge >= 0.3 is 6.03 Å². The smallest absolute Gasteiger partial charge is 0.322 e. The van der Waals surface area contributed by atoms with E-state index in [0.29, 0.717) is 35.4 Å². The molecule has 2 aromatic rings. The lowest BCUT2D eigenvalue weighted by Crippen LogP contribution is -2.44. The molecular weight excluding hydrogens is 335 g/mol. The van der Waals surface area contributed by atoms with Gasteiger partial charge in [-0.05, 0) is 30.3 Å². The van der Waals surface area contributed by atoms with Crippen molar-refractivity contribution < 1.29 is 9.53 Å². The van der Waals surface area contributed by atoms with E-state index in [1.54, 1.807) is 29.2 Å². The van der Waals surface area contributed by atoms with Crippen molar-refractivity contribution in [1.29, 1.82) is 0 Å². The number of urea groups is 1. The number of carbonyl (C=O) groups excluding carboxylic acids is 1. The quantitative estimate of drug-likeness (QED) is 0.859. The molecule has 1 heterocycles. The number of nitrogens with one attached hydrogen (secondary N) is 1. The first-order valence-corrected chi connectivity index (χ1v) is 8.06. The second-order valence-corrected chi connectivity index (χ2v) is 6.11. The van der Waals surface area contributed by atoms with Gasteiger partial charge in [-0.3, -0.25) is 0 Å². The third-order valence-corrected chi connectivity index (χ3v) is 4.30. The van der Waals surface area contributed by atoms with Crippen molar-refractivity contribution in [3.63, 3.8) is 0 Å². The maximum Gasteiger partial charge on any atom is 0.322 e. The molecule has 1 saturated heterocycles. The fourth-order valence-corrected chi connectivity index (χ4v) is 2.88. The van der Waals surface area contributed by atoms with E-state index in [0.717, 1.165) is 5.56 Å². The Balaban J connectivity index is 1.67. The Labute approximate surface area is 144 Å². The summed E-state index contributed by atoms with van der Waals surface area (Å²) >= 11 is 12.1. The molecule has 0 radical (unpaired) electrons. The van der Waals surface area contributed by atoms with E-state index >= 15 is 0 Å². The lowest BCUT2D eigenvalue weighted by molar-refractivity contribution is -0.0134. The van der Waals surface area contributed by atoms with Crippen LogP contribution in [0.3, 0.4) is 0 Å². The molecule has 1 unspecified atom stereocenters. The van der Waals surface area contributed by atoms with Crippen LogP contribution in [0, 0.1) is 0 Å². The van der Waals surface area contributed by atoms with Gasteiger partial charge in [-0.2, -0.15) is 0 Å². The first-order chi connectivity index (χ1) is 11.1. The SMILES string of the molecule is O=C(Nc1ccc(Cl)cc1)N1CCOC(c2ccccc2Cl)C1. The van der Waals surface area contributed by atoms with E-state index in [1.165, 1.54) is 0 Å². The average molecular weight is 351 g/mol. The third-order valence-electron chi connectivity index (χ3n) is 3.70. The number of rotatable bonds is 2. The Hall–Kier alpha value is -1.75. The van der Waals surface area contributed by atoms with Crippen molar-refractivity contribution >= 4 is 34.9 Å². The summed E-state index contributed by atoms with van der Waals surface area (Å²) in [5.41, 5.74) is 1.61. The van der Waals surface area contributed by atoms with Crippen molar-refractivity contribution in [2.45, 2.75) is 6.10 Å². The Kier molecular flexibility index (Phi) is 5.06. The zero-order valence-corrected chi connectivity index (χ0v) is 13.8. The number of carbonyl (C=O) groups is 1. The number of ether oxygens (including phenoxy) is 1. The van der Waals surface area contributed by atoms with Crippen LogP contribution in [0.25, 0.3) is 0 Å². The summed E-state index contributed by atoms with van der Waals surface area (Å²) in [7, 11) is 0.